The Morgan fingerprint density at radius 2 is 2.18 bits per heavy atom. The predicted molar refractivity (Wildman–Crippen MR) is 64.6 cm³/mol. The van der Waals surface area contributed by atoms with Crippen LogP contribution in [0.15, 0.2) is 0 Å². The van der Waals surface area contributed by atoms with E-state index >= 15 is 0 Å². The molecule has 3 atom stereocenters. The van der Waals surface area contributed by atoms with Gasteiger partial charge in [-0.3, -0.25) is 4.79 Å². The molecule has 0 aromatic carbocycles. The summed E-state index contributed by atoms with van der Waals surface area (Å²) in [6.07, 6.45) is 1.71. The normalized spacial score (nSPS) is 37.1. The zero-order valence-electron chi connectivity index (χ0n) is 11.3. The standard InChI is InChI=1S/C13H24O4/c1-5-16-11(15)9-12(3)8-10(2)13(4,17-12)6-7-14/h10,14H,5-9H2,1-4H3/t10-,12+,13+/m1/s1. The summed E-state index contributed by atoms with van der Waals surface area (Å²) in [7, 11) is 0. The Labute approximate surface area is 103 Å². The van der Waals surface area contributed by atoms with Gasteiger partial charge in [0.2, 0.25) is 0 Å². The quantitative estimate of drug-likeness (QED) is 0.750. The number of carbonyl (C=O) groups excluding carboxylic acids is 1. The fourth-order valence-corrected chi connectivity index (χ4v) is 2.71. The summed E-state index contributed by atoms with van der Waals surface area (Å²) >= 11 is 0. The lowest BCUT2D eigenvalue weighted by atomic mass is 9.84. The van der Waals surface area contributed by atoms with E-state index in [9.17, 15) is 4.79 Å². The number of rotatable bonds is 5. The third-order valence-corrected chi connectivity index (χ3v) is 3.69. The van der Waals surface area contributed by atoms with Crippen LogP contribution in [-0.2, 0) is 14.3 Å². The predicted octanol–water partition coefficient (Wildman–Crippen LogP) is 1.90. The molecule has 0 aromatic heterocycles. The van der Waals surface area contributed by atoms with Crippen molar-refractivity contribution in [3.63, 3.8) is 0 Å². The fourth-order valence-electron chi connectivity index (χ4n) is 2.71. The smallest absolute Gasteiger partial charge is 0.308 e. The Hall–Kier alpha value is -0.610. The van der Waals surface area contributed by atoms with E-state index in [0.29, 0.717) is 18.9 Å². The van der Waals surface area contributed by atoms with E-state index in [-0.39, 0.29) is 24.6 Å². The van der Waals surface area contributed by atoms with Gasteiger partial charge in [-0.1, -0.05) is 6.92 Å². The minimum absolute atomic E-state index is 0.107. The number of aliphatic hydroxyl groups excluding tert-OH is 1. The first-order valence-electron chi connectivity index (χ1n) is 6.32. The summed E-state index contributed by atoms with van der Waals surface area (Å²) in [4.78, 5) is 11.5. The minimum Gasteiger partial charge on any atom is -0.466 e. The van der Waals surface area contributed by atoms with Crippen LogP contribution in [0.5, 0.6) is 0 Å². The van der Waals surface area contributed by atoms with E-state index in [2.05, 4.69) is 6.92 Å². The summed E-state index contributed by atoms with van der Waals surface area (Å²) in [6, 6.07) is 0. The molecule has 0 bridgehead atoms. The molecule has 1 fully saturated rings. The van der Waals surface area contributed by atoms with Gasteiger partial charge >= 0.3 is 5.97 Å². The molecule has 1 rings (SSSR count). The van der Waals surface area contributed by atoms with Crippen molar-refractivity contribution >= 4 is 5.97 Å². The van der Waals surface area contributed by atoms with Crippen LogP contribution in [0, 0.1) is 5.92 Å². The molecular formula is C13H24O4. The maximum atomic E-state index is 11.5. The SMILES string of the molecule is CCOC(=O)C[C@]1(C)C[C@@H](C)[C@](C)(CCO)O1. The highest BCUT2D eigenvalue weighted by Gasteiger charge is 2.49. The summed E-state index contributed by atoms with van der Waals surface area (Å²) in [5.41, 5.74) is -0.800. The van der Waals surface area contributed by atoms with Crippen molar-refractivity contribution in [1.29, 1.82) is 0 Å². The monoisotopic (exact) mass is 244 g/mol. The van der Waals surface area contributed by atoms with Crippen molar-refractivity contribution in [2.75, 3.05) is 13.2 Å². The van der Waals surface area contributed by atoms with Crippen molar-refractivity contribution in [3.05, 3.63) is 0 Å². The van der Waals surface area contributed by atoms with Crippen molar-refractivity contribution < 1.29 is 19.4 Å². The molecule has 0 spiro atoms. The molecule has 1 saturated heterocycles. The zero-order chi connectivity index (χ0) is 13.1. The average molecular weight is 244 g/mol. The second kappa shape index (κ2) is 5.36. The first kappa shape index (κ1) is 14.5. The van der Waals surface area contributed by atoms with Crippen molar-refractivity contribution in [3.8, 4) is 0 Å². The third kappa shape index (κ3) is 3.42. The van der Waals surface area contributed by atoms with E-state index in [0.717, 1.165) is 6.42 Å². The maximum absolute atomic E-state index is 11.5. The van der Waals surface area contributed by atoms with Crippen molar-refractivity contribution in [2.24, 2.45) is 5.92 Å². The highest BCUT2D eigenvalue weighted by Crippen LogP contribution is 2.45. The Morgan fingerprint density at radius 3 is 2.71 bits per heavy atom. The zero-order valence-corrected chi connectivity index (χ0v) is 11.3. The van der Waals surface area contributed by atoms with Gasteiger partial charge in [0.05, 0.1) is 24.2 Å². The molecule has 0 aromatic rings. The number of aliphatic hydroxyl groups is 1. The van der Waals surface area contributed by atoms with E-state index in [4.69, 9.17) is 14.6 Å². The van der Waals surface area contributed by atoms with E-state index < -0.39 is 5.60 Å². The molecule has 0 aliphatic carbocycles. The topological polar surface area (TPSA) is 55.8 Å². The molecule has 1 N–H and O–H groups in total. The largest absolute Gasteiger partial charge is 0.466 e. The van der Waals surface area contributed by atoms with E-state index in [1.165, 1.54) is 0 Å². The van der Waals surface area contributed by atoms with Gasteiger partial charge in [0.1, 0.15) is 0 Å². The number of carbonyl (C=O) groups is 1. The van der Waals surface area contributed by atoms with Crippen molar-refractivity contribution in [2.45, 2.75) is 58.2 Å². The summed E-state index contributed by atoms with van der Waals surface area (Å²) in [5.74, 6) is 0.115. The number of esters is 1. The third-order valence-electron chi connectivity index (χ3n) is 3.69. The van der Waals surface area contributed by atoms with Gasteiger partial charge in [0, 0.05) is 6.61 Å². The van der Waals surface area contributed by atoms with Crippen LogP contribution < -0.4 is 0 Å². The molecule has 0 unspecified atom stereocenters. The molecular weight excluding hydrogens is 220 g/mol. The van der Waals surface area contributed by atoms with Gasteiger partial charge in [-0.2, -0.15) is 0 Å². The summed E-state index contributed by atoms with van der Waals surface area (Å²) in [5, 5.41) is 9.07. The molecule has 4 heteroatoms. The Balaban J connectivity index is 2.65. The second-order valence-corrected chi connectivity index (χ2v) is 5.43. The van der Waals surface area contributed by atoms with Crippen LogP contribution >= 0.6 is 0 Å². The van der Waals surface area contributed by atoms with Gasteiger partial charge < -0.3 is 14.6 Å². The van der Waals surface area contributed by atoms with Crippen LogP contribution in [-0.4, -0.2) is 35.5 Å². The molecule has 0 radical (unpaired) electrons. The fraction of sp³-hybridized carbons (Fsp3) is 0.923. The Bertz CT molecular complexity index is 279. The Morgan fingerprint density at radius 1 is 1.53 bits per heavy atom. The van der Waals surface area contributed by atoms with E-state index in [1.54, 1.807) is 6.92 Å². The number of hydrogen-bond donors (Lipinski definition) is 1. The first-order valence-corrected chi connectivity index (χ1v) is 6.32. The lowest BCUT2D eigenvalue weighted by Gasteiger charge is -2.31. The van der Waals surface area contributed by atoms with Gasteiger partial charge in [0.15, 0.2) is 0 Å². The van der Waals surface area contributed by atoms with Crippen molar-refractivity contribution in [1.82, 2.24) is 0 Å². The van der Waals surface area contributed by atoms with E-state index in [1.807, 2.05) is 13.8 Å². The molecule has 0 saturated carbocycles. The number of ether oxygens (including phenoxy) is 2. The molecule has 100 valence electrons. The Kier molecular flexibility index (Phi) is 4.55. The molecule has 17 heavy (non-hydrogen) atoms. The molecule has 0 amide bonds. The van der Waals surface area contributed by atoms with Gasteiger partial charge in [-0.25, -0.2) is 0 Å². The second-order valence-electron chi connectivity index (χ2n) is 5.43. The first-order chi connectivity index (χ1) is 7.85. The highest BCUT2D eigenvalue weighted by atomic mass is 16.5. The molecule has 1 aliphatic heterocycles. The average Bonchev–Trinajstić information content (AvgIpc) is 2.37. The maximum Gasteiger partial charge on any atom is 0.308 e. The molecule has 1 heterocycles. The van der Waals surface area contributed by atoms with Crippen LogP contribution in [0.2, 0.25) is 0 Å². The lowest BCUT2D eigenvalue weighted by molar-refractivity contribution is -0.155. The molecule has 1 aliphatic rings. The molecule has 4 nitrogen and oxygen atoms in total. The highest BCUT2D eigenvalue weighted by molar-refractivity contribution is 5.70. The van der Waals surface area contributed by atoms with Gasteiger partial charge in [-0.05, 0) is 39.5 Å². The van der Waals surface area contributed by atoms with Gasteiger partial charge in [-0.15, -0.1) is 0 Å². The minimum atomic E-state index is -0.463. The lowest BCUT2D eigenvalue weighted by Crippen LogP contribution is -2.35. The summed E-state index contributed by atoms with van der Waals surface area (Å²) in [6.45, 7) is 8.36. The van der Waals surface area contributed by atoms with Gasteiger partial charge in [0.25, 0.3) is 0 Å². The van der Waals surface area contributed by atoms with Crippen LogP contribution in [0.1, 0.15) is 47.0 Å². The van der Waals surface area contributed by atoms with Crippen LogP contribution in [0.4, 0.5) is 0 Å². The van der Waals surface area contributed by atoms with Crippen LogP contribution in [0.3, 0.4) is 0 Å². The van der Waals surface area contributed by atoms with Crippen LogP contribution in [0.25, 0.3) is 0 Å². The summed E-state index contributed by atoms with van der Waals surface area (Å²) < 4.78 is 11.0. The number of hydrogen-bond acceptors (Lipinski definition) is 4.